The number of ether oxygens (including phenoxy) is 1. The third-order valence-electron chi connectivity index (χ3n) is 3.97. The summed E-state index contributed by atoms with van der Waals surface area (Å²) in [6.45, 7) is 3.63. The van der Waals surface area contributed by atoms with Gasteiger partial charge in [-0.05, 0) is 43.0 Å². The van der Waals surface area contributed by atoms with Crippen molar-refractivity contribution >= 4 is 11.7 Å². The SMILES string of the molecule is COCCCCN(Cc1ccccc1)C(=O)Nc1cc(F)ccc1C. The number of methoxy groups -OCH3 is 1. The van der Waals surface area contributed by atoms with Gasteiger partial charge in [-0.2, -0.15) is 0 Å². The predicted octanol–water partition coefficient (Wildman–Crippen LogP) is 4.59. The van der Waals surface area contributed by atoms with E-state index in [0.717, 1.165) is 24.0 Å². The zero-order valence-corrected chi connectivity index (χ0v) is 14.8. The number of hydrogen-bond donors (Lipinski definition) is 1. The molecule has 0 unspecified atom stereocenters. The Morgan fingerprint density at radius 1 is 1.16 bits per heavy atom. The maximum atomic E-state index is 13.5. The summed E-state index contributed by atoms with van der Waals surface area (Å²) in [6, 6.07) is 14.0. The van der Waals surface area contributed by atoms with Crippen LogP contribution in [0.15, 0.2) is 48.5 Å². The molecule has 2 aromatic carbocycles. The van der Waals surface area contributed by atoms with Crippen molar-refractivity contribution < 1.29 is 13.9 Å². The number of carbonyl (C=O) groups is 1. The van der Waals surface area contributed by atoms with E-state index in [2.05, 4.69) is 5.32 Å². The van der Waals surface area contributed by atoms with Crippen molar-refractivity contribution in [2.24, 2.45) is 0 Å². The van der Waals surface area contributed by atoms with Gasteiger partial charge in [0.15, 0.2) is 0 Å². The van der Waals surface area contributed by atoms with Gasteiger partial charge < -0.3 is 15.0 Å². The Hall–Kier alpha value is -2.40. The molecule has 0 saturated carbocycles. The van der Waals surface area contributed by atoms with Crippen LogP contribution < -0.4 is 5.32 Å². The van der Waals surface area contributed by atoms with E-state index in [4.69, 9.17) is 4.74 Å². The lowest BCUT2D eigenvalue weighted by atomic mass is 10.2. The summed E-state index contributed by atoms with van der Waals surface area (Å²) < 4.78 is 18.5. The van der Waals surface area contributed by atoms with Crippen molar-refractivity contribution in [3.8, 4) is 0 Å². The number of anilines is 1. The molecule has 2 aromatic rings. The van der Waals surface area contributed by atoms with Crippen LogP contribution in [0.4, 0.5) is 14.9 Å². The molecule has 2 rings (SSSR count). The van der Waals surface area contributed by atoms with Gasteiger partial charge in [0, 0.05) is 32.5 Å². The number of nitrogens with one attached hydrogen (secondary N) is 1. The number of amides is 2. The number of aryl methyl sites for hydroxylation is 1. The van der Waals surface area contributed by atoms with E-state index in [0.29, 0.717) is 25.4 Å². The molecule has 0 aromatic heterocycles. The summed E-state index contributed by atoms with van der Waals surface area (Å²) >= 11 is 0. The first-order chi connectivity index (χ1) is 12.1. The van der Waals surface area contributed by atoms with E-state index in [9.17, 15) is 9.18 Å². The molecule has 0 radical (unpaired) electrons. The van der Waals surface area contributed by atoms with Gasteiger partial charge >= 0.3 is 6.03 Å². The van der Waals surface area contributed by atoms with E-state index in [1.165, 1.54) is 12.1 Å². The van der Waals surface area contributed by atoms with E-state index in [1.54, 1.807) is 18.1 Å². The van der Waals surface area contributed by atoms with Crippen molar-refractivity contribution in [2.75, 3.05) is 25.6 Å². The number of benzene rings is 2. The third kappa shape index (κ3) is 6.19. The summed E-state index contributed by atoms with van der Waals surface area (Å²) in [4.78, 5) is 14.5. The predicted molar refractivity (Wildman–Crippen MR) is 98.1 cm³/mol. The highest BCUT2D eigenvalue weighted by Gasteiger charge is 2.15. The Morgan fingerprint density at radius 2 is 1.92 bits per heavy atom. The number of halogens is 1. The van der Waals surface area contributed by atoms with Gasteiger partial charge in [0.2, 0.25) is 0 Å². The Bertz CT molecular complexity index is 677. The topological polar surface area (TPSA) is 41.6 Å². The van der Waals surface area contributed by atoms with Crippen LogP contribution in [0.1, 0.15) is 24.0 Å². The molecule has 134 valence electrons. The lowest BCUT2D eigenvalue weighted by Crippen LogP contribution is -2.35. The monoisotopic (exact) mass is 344 g/mol. The Balaban J connectivity index is 2.06. The second-order valence-electron chi connectivity index (χ2n) is 6.00. The summed E-state index contributed by atoms with van der Waals surface area (Å²) in [6.07, 6.45) is 1.73. The molecule has 0 heterocycles. The average molecular weight is 344 g/mol. The van der Waals surface area contributed by atoms with E-state index in [-0.39, 0.29) is 11.8 Å². The molecule has 0 atom stereocenters. The highest BCUT2D eigenvalue weighted by atomic mass is 19.1. The third-order valence-corrected chi connectivity index (χ3v) is 3.97. The molecule has 25 heavy (non-hydrogen) atoms. The molecule has 5 heteroatoms. The molecule has 0 aliphatic carbocycles. The first kappa shape index (κ1) is 18.9. The van der Waals surface area contributed by atoms with Crippen LogP contribution in [0.5, 0.6) is 0 Å². The van der Waals surface area contributed by atoms with Crippen molar-refractivity contribution in [3.05, 3.63) is 65.5 Å². The second-order valence-corrected chi connectivity index (χ2v) is 6.00. The van der Waals surface area contributed by atoms with Crippen LogP contribution in [0.3, 0.4) is 0 Å². The minimum Gasteiger partial charge on any atom is -0.385 e. The fourth-order valence-electron chi connectivity index (χ4n) is 2.53. The number of nitrogens with zero attached hydrogens (tertiary/aromatic N) is 1. The van der Waals surface area contributed by atoms with Crippen molar-refractivity contribution in [1.29, 1.82) is 0 Å². The maximum Gasteiger partial charge on any atom is 0.322 e. The maximum absolute atomic E-state index is 13.5. The standard InChI is InChI=1S/C20H25FN2O2/c1-16-10-11-18(21)14-19(16)22-20(24)23(12-6-7-13-25-2)15-17-8-4-3-5-9-17/h3-5,8-11,14H,6-7,12-13,15H2,1-2H3,(H,22,24). The van der Waals surface area contributed by atoms with E-state index >= 15 is 0 Å². The molecule has 0 fully saturated rings. The van der Waals surface area contributed by atoms with Gasteiger partial charge in [-0.1, -0.05) is 36.4 Å². The highest BCUT2D eigenvalue weighted by molar-refractivity contribution is 5.90. The number of carbonyl (C=O) groups excluding carboxylic acids is 1. The quantitative estimate of drug-likeness (QED) is 0.711. The average Bonchev–Trinajstić information content (AvgIpc) is 2.61. The first-order valence-electron chi connectivity index (χ1n) is 8.45. The molecule has 0 bridgehead atoms. The number of urea groups is 1. The van der Waals surface area contributed by atoms with E-state index < -0.39 is 0 Å². The molecule has 2 amide bonds. The minimum atomic E-state index is -0.365. The van der Waals surface area contributed by atoms with Gasteiger partial charge in [0.25, 0.3) is 0 Å². The normalized spacial score (nSPS) is 10.5. The smallest absolute Gasteiger partial charge is 0.322 e. The fraction of sp³-hybridized carbons (Fsp3) is 0.350. The van der Waals surface area contributed by atoms with Crippen LogP contribution in [0.2, 0.25) is 0 Å². The second kappa shape index (κ2) is 9.79. The molecule has 1 N–H and O–H groups in total. The highest BCUT2D eigenvalue weighted by Crippen LogP contribution is 2.17. The summed E-state index contributed by atoms with van der Waals surface area (Å²) in [5.41, 5.74) is 2.38. The van der Waals surface area contributed by atoms with Crippen molar-refractivity contribution in [1.82, 2.24) is 4.90 Å². The Kier molecular flexibility index (Phi) is 7.41. The van der Waals surface area contributed by atoms with Crippen LogP contribution in [0, 0.1) is 12.7 Å². The summed E-state index contributed by atoms with van der Waals surface area (Å²) in [5.74, 6) is -0.365. The molecular formula is C20H25FN2O2. The van der Waals surface area contributed by atoms with Crippen LogP contribution in [-0.4, -0.2) is 31.2 Å². The van der Waals surface area contributed by atoms with Gasteiger partial charge in [0.1, 0.15) is 5.82 Å². The molecule has 0 saturated heterocycles. The van der Waals surface area contributed by atoms with Gasteiger partial charge in [0.05, 0.1) is 0 Å². The van der Waals surface area contributed by atoms with Gasteiger partial charge in [-0.3, -0.25) is 0 Å². The lowest BCUT2D eigenvalue weighted by Gasteiger charge is -2.24. The molecule has 0 spiro atoms. The summed E-state index contributed by atoms with van der Waals surface area (Å²) in [5, 5.41) is 2.83. The minimum absolute atomic E-state index is 0.227. The van der Waals surface area contributed by atoms with Gasteiger partial charge in [-0.25, -0.2) is 9.18 Å². The zero-order chi connectivity index (χ0) is 18.1. The van der Waals surface area contributed by atoms with Crippen molar-refractivity contribution in [3.63, 3.8) is 0 Å². The zero-order valence-electron chi connectivity index (χ0n) is 14.8. The fourth-order valence-corrected chi connectivity index (χ4v) is 2.53. The van der Waals surface area contributed by atoms with Gasteiger partial charge in [-0.15, -0.1) is 0 Å². The summed E-state index contributed by atoms with van der Waals surface area (Å²) in [7, 11) is 1.67. The number of hydrogen-bond acceptors (Lipinski definition) is 2. The molecule has 4 nitrogen and oxygen atoms in total. The van der Waals surface area contributed by atoms with E-state index in [1.807, 2.05) is 37.3 Å². The lowest BCUT2D eigenvalue weighted by molar-refractivity contribution is 0.182. The van der Waals surface area contributed by atoms with Crippen molar-refractivity contribution in [2.45, 2.75) is 26.3 Å². The number of rotatable bonds is 8. The van der Waals surface area contributed by atoms with Crippen LogP contribution >= 0.6 is 0 Å². The number of unbranched alkanes of at least 4 members (excludes halogenated alkanes) is 1. The molecular weight excluding hydrogens is 319 g/mol. The van der Waals surface area contributed by atoms with Crippen LogP contribution in [0.25, 0.3) is 0 Å². The first-order valence-corrected chi connectivity index (χ1v) is 8.45. The Morgan fingerprint density at radius 3 is 2.64 bits per heavy atom. The largest absolute Gasteiger partial charge is 0.385 e. The molecule has 0 aliphatic heterocycles. The molecule has 0 aliphatic rings. The van der Waals surface area contributed by atoms with Crippen LogP contribution in [-0.2, 0) is 11.3 Å². The Labute approximate surface area is 148 Å².